The van der Waals surface area contributed by atoms with Crippen LogP contribution in [0, 0.1) is 5.92 Å². The zero-order chi connectivity index (χ0) is 15.6. The van der Waals surface area contributed by atoms with Crippen molar-refractivity contribution in [1.29, 1.82) is 0 Å². The van der Waals surface area contributed by atoms with Gasteiger partial charge in [-0.3, -0.25) is 4.79 Å². The van der Waals surface area contributed by atoms with E-state index in [1.807, 2.05) is 6.07 Å². The summed E-state index contributed by atoms with van der Waals surface area (Å²) in [7, 11) is 0. The number of hydrogen-bond acceptors (Lipinski definition) is 4. The minimum absolute atomic E-state index is 0.145. The highest BCUT2D eigenvalue weighted by molar-refractivity contribution is 9.10. The van der Waals surface area contributed by atoms with Gasteiger partial charge in [-0.25, -0.2) is 9.78 Å². The topological polar surface area (TPSA) is 80.3 Å². The minimum Gasteiger partial charge on any atom is -0.444 e. The average molecular weight is 356 g/mol. The molecule has 0 bridgehead atoms. The molecule has 2 heterocycles. The molecule has 2 rings (SSSR count). The second-order valence-corrected chi connectivity index (χ2v) is 6.85. The number of carbonyl (C=O) groups excluding carboxylic acids is 2. The zero-order valence-electron chi connectivity index (χ0n) is 12.2. The van der Waals surface area contributed by atoms with E-state index in [0.29, 0.717) is 12.2 Å². The Hall–Kier alpha value is -1.63. The monoisotopic (exact) mass is 355 g/mol. The predicted octanol–water partition coefficient (Wildman–Crippen LogP) is 2.48. The molecule has 0 fully saturated rings. The van der Waals surface area contributed by atoms with E-state index in [1.54, 1.807) is 27.0 Å². The van der Waals surface area contributed by atoms with E-state index in [2.05, 4.69) is 31.5 Å². The van der Waals surface area contributed by atoms with E-state index in [4.69, 9.17) is 4.74 Å². The summed E-state index contributed by atoms with van der Waals surface area (Å²) in [5.74, 6) is 0.103. The quantitative estimate of drug-likeness (QED) is 0.853. The van der Waals surface area contributed by atoms with Crippen molar-refractivity contribution in [1.82, 2.24) is 10.3 Å². The van der Waals surface area contributed by atoms with Crippen LogP contribution >= 0.6 is 15.9 Å². The van der Waals surface area contributed by atoms with Crippen molar-refractivity contribution in [3.05, 3.63) is 22.3 Å². The van der Waals surface area contributed by atoms with Crippen molar-refractivity contribution >= 4 is 33.7 Å². The number of alkyl carbamates (subject to hydrolysis) is 1. The summed E-state index contributed by atoms with van der Waals surface area (Å²) in [5, 5.41) is 5.38. The summed E-state index contributed by atoms with van der Waals surface area (Å²) >= 11 is 3.36. The van der Waals surface area contributed by atoms with Gasteiger partial charge >= 0.3 is 6.09 Å². The molecule has 0 saturated heterocycles. The number of rotatable bonds is 2. The first-order valence-corrected chi connectivity index (χ1v) is 7.46. The van der Waals surface area contributed by atoms with Crippen LogP contribution in [0.4, 0.5) is 10.6 Å². The number of halogens is 1. The number of fused-ring (bicyclic) bond motifs is 1. The lowest BCUT2D eigenvalue weighted by atomic mass is 9.95. The molecular formula is C14H18BrN3O3. The van der Waals surface area contributed by atoms with Gasteiger partial charge in [0.15, 0.2) is 0 Å². The number of carbonyl (C=O) groups is 2. The van der Waals surface area contributed by atoms with E-state index < -0.39 is 11.7 Å². The highest BCUT2D eigenvalue weighted by Crippen LogP contribution is 2.25. The van der Waals surface area contributed by atoms with Crippen molar-refractivity contribution < 1.29 is 14.3 Å². The Morgan fingerprint density at radius 1 is 1.57 bits per heavy atom. The Morgan fingerprint density at radius 2 is 2.29 bits per heavy atom. The van der Waals surface area contributed by atoms with Crippen LogP contribution in [0.1, 0.15) is 26.3 Å². The molecule has 0 saturated carbocycles. The highest BCUT2D eigenvalue weighted by Gasteiger charge is 2.28. The Kier molecular flexibility index (Phi) is 4.51. The van der Waals surface area contributed by atoms with Gasteiger partial charge in [0.05, 0.1) is 5.92 Å². The molecule has 2 N–H and O–H groups in total. The van der Waals surface area contributed by atoms with Crippen molar-refractivity contribution in [3.8, 4) is 0 Å². The number of pyridine rings is 1. The number of anilines is 1. The van der Waals surface area contributed by atoms with Gasteiger partial charge in [0.2, 0.25) is 5.91 Å². The molecule has 7 heteroatoms. The Bertz CT molecular complexity index is 569. The number of nitrogens with zero attached hydrogens (tertiary/aromatic N) is 1. The fraction of sp³-hybridized carbons (Fsp3) is 0.500. The lowest BCUT2D eigenvalue weighted by molar-refractivity contribution is -0.120. The maximum atomic E-state index is 12.0. The Labute approximate surface area is 131 Å². The van der Waals surface area contributed by atoms with E-state index in [9.17, 15) is 9.59 Å². The van der Waals surface area contributed by atoms with Gasteiger partial charge in [0.1, 0.15) is 11.4 Å². The van der Waals surface area contributed by atoms with Crippen LogP contribution in [0.3, 0.4) is 0 Å². The molecule has 114 valence electrons. The number of ether oxygens (including phenoxy) is 1. The van der Waals surface area contributed by atoms with Gasteiger partial charge in [-0.1, -0.05) is 0 Å². The number of aromatic nitrogens is 1. The molecule has 1 aliphatic heterocycles. The van der Waals surface area contributed by atoms with E-state index in [-0.39, 0.29) is 18.4 Å². The highest BCUT2D eigenvalue weighted by atomic mass is 79.9. The third-order valence-corrected chi connectivity index (χ3v) is 3.34. The molecule has 1 aliphatic rings. The SMILES string of the molecule is CC(C)(C)OC(=O)NCC1Cc2cc(Br)cnc2NC1=O. The van der Waals surface area contributed by atoms with E-state index in [1.165, 1.54) is 0 Å². The molecule has 0 aliphatic carbocycles. The lowest BCUT2D eigenvalue weighted by Gasteiger charge is -2.25. The molecule has 0 radical (unpaired) electrons. The number of hydrogen-bond donors (Lipinski definition) is 2. The maximum absolute atomic E-state index is 12.0. The number of nitrogens with one attached hydrogen (secondary N) is 2. The second kappa shape index (κ2) is 6.01. The van der Waals surface area contributed by atoms with E-state index >= 15 is 0 Å². The summed E-state index contributed by atoms with van der Waals surface area (Å²) in [6.45, 7) is 5.60. The molecule has 1 unspecified atom stereocenters. The first kappa shape index (κ1) is 15.8. The lowest BCUT2D eigenvalue weighted by Crippen LogP contribution is -2.41. The molecule has 1 aromatic heterocycles. The first-order chi connectivity index (χ1) is 9.74. The Morgan fingerprint density at radius 3 is 2.95 bits per heavy atom. The summed E-state index contributed by atoms with van der Waals surface area (Å²) < 4.78 is 6.01. The summed E-state index contributed by atoms with van der Waals surface area (Å²) in [6.07, 6.45) is 1.65. The smallest absolute Gasteiger partial charge is 0.407 e. The van der Waals surface area contributed by atoms with Crippen molar-refractivity contribution in [2.45, 2.75) is 32.8 Å². The molecule has 0 aromatic carbocycles. The zero-order valence-corrected chi connectivity index (χ0v) is 13.8. The van der Waals surface area contributed by atoms with Crippen LogP contribution in [0.25, 0.3) is 0 Å². The van der Waals surface area contributed by atoms with E-state index in [0.717, 1.165) is 10.0 Å². The molecule has 6 nitrogen and oxygen atoms in total. The molecule has 1 aromatic rings. The minimum atomic E-state index is -0.555. The standard InChI is InChI=1S/C14H18BrN3O3/c1-14(2,3)21-13(20)17-6-9-4-8-5-10(15)7-16-11(8)18-12(9)19/h5,7,9H,4,6H2,1-3H3,(H,17,20)(H,16,18,19). The van der Waals surface area contributed by atoms with Gasteiger partial charge in [0.25, 0.3) is 0 Å². The van der Waals surface area contributed by atoms with Crippen LogP contribution in [-0.2, 0) is 16.0 Å². The second-order valence-electron chi connectivity index (χ2n) is 5.93. The van der Waals surface area contributed by atoms with Crippen LogP contribution in [0.2, 0.25) is 0 Å². The fourth-order valence-electron chi connectivity index (χ4n) is 2.01. The Balaban J connectivity index is 1.96. The molecular weight excluding hydrogens is 338 g/mol. The molecule has 2 amide bonds. The summed E-state index contributed by atoms with van der Waals surface area (Å²) in [5.41, 5.74) is 0.389. The largest absolute Gasteiger partial charge is 0.444 e. The van der Waals surface area contributed by atoms with Crippen LogP contribution < -0.4 is 10.6 Å². The van der Waals surface area contributed by atoms with Gasteiger partial charge in [-0.2, -0.15) is 0 Å². The van der Waals surface area contributed by atoms with Crippen LogP contribution in [0.15, 0.2) is 16.7 Å². The van der Waals surface area contributed by atoms with Crippen molar-refractivity contribution in [3.63, 3.8) is 0 Å². The maximum Gasteiger partial charge on any atom is 0.407 e. The molecule has 0 spiro atoms. The van der Waals surface area contributed by atoms with Gasteiger partial charge in [-0.05, 0) is 54.8 Å². The van der Waals surface area contributed by atoms with Crippen LogP contribution in [-0.4, -0.2) is 29.1 Å². The summed E-state index contributed by atoms with van der Waals surface area (Å²) in [4.78, 5) is 27.8. The third-order valence-electron chi connectivity index (χ3n) is 2.90. The fourth-order valence-corrected chi connectivity index (χ4v) is 2.39. The van der Waals surface area contributed by atoms with Crippen LogP contribution in [0.5, 0.6) is 0 Å². The third kappa shape index (κ3) is 4.42. The predicted molar refractivity (Wildman–Crippen MR) is 82.0 cm³/mol. The van der Waals surface area contributed by atoms with Gasteiger partial charge < -0.3 is 15.4 Å². The molecule has 1 atom stereocenters. The average Bonchev–Trinajstić information content (AvgIpc) is 2.34. The summed E-state index contributed by atoms with van der Waals surface area (Å²) in [6, 6.07) is 1.92. The number of amides is 2. The van der Waals surface area contributed by atoms with Crippen molar-refractivity contribution in [2.75, 3.05) is 11.9 Å². The van der Waals surface area contributed by atoms with Gasteiger partial charge in [-0.15, -0.1) is 0 Å². The molecule has 21 heavy (non-hydrogen) atoms. The van der Waals surface area contributed by atoms with Crippen molar-refractivity contribution in [2.24, 2.45) is 5.92 Å². The van der Waals surface area contributed by atoms with Gasteiger partial charge in [0, 0.05) is 17.2 Å². The first-order valence-electron chi connectivity index (χ1n) is 6.67. The normalized spacial score (nSPS) is 17.7.